The van der Waals surface area contributed by atoms with Gasteiger partial charge in [-0.2, -0.15) is 5.26 Å². The highest BCUT2D eigenvalue weighted by molar-refractivity contribution is 6.03. The molecule has 0 saturated carbocycles. The van der Waals surface area contributed by atoms with Crippen molar-refractivity contribution in [2.24, 2.45) is 10.7 Å². The number of nitrogens with zero attached hydrogens (tertiary/aromatic N) is 3. The molecule has 7 heteroatoms. The van der Waals surface area contributed by atoms with Gasteiger partial charge < -0.3 is 15.8 Å². The molecule has 3 N–H and O–H groups in total. The Morgan fingerprint density at radius 1 is 1.35 bits per heavy atom. The fourth-order valence-corrected chi connectivity index (χ4v) is 3.38. The molecule has 1 aliphatic carbocycles. The zero-order valence-electron chi connectivity index (χ0n) is 13.8. The van der Waals surface area contributed by atoms with Crippen molar-refractivity contribution < 1.29 is 9.53 Å². The minimum Gasteiger partial charge on any atom is -0.431 e. The molecule has 0 radical (unpaired) electrons. The predicted octanol–water partition coefficient (Wildman–Crippen LogP) is 2.21. The van der Waals surface area contributed by atoms with Crippen LogP contribution in [0, 0.1) is 11.3 Å². The molecule has 0 unspecified atom stereocenters. The molecule has 2 aliphatic rings. The summed E-state index contributed by atoms with van der Waals surface area (Å²) < 4.78 is 5.24. The molecule has 1 aromatic carbocycles. The molecule has 1 atom stereocenters. The molecular weight excluding hydrogens is 330 g/mol. The number of amidine groups is 1. The van der Waals surface area contributed by atoms with Crippen LogP contribution in [-0.4, -0.2) is 16.9 Å². The molecule has 1 aliphatic heterocycles. The summed E-state index contributed by atoms with van der Waals surface area (Å²) in [6, 6.07) is 10.9. The average Bonchev–Trinajstić information content (AvgIpc) is 2.61. The number of nitrogens with one attached hydrogen (secondary N) is 1. The van der Waals surface area contributed by atoms with E-state index in [-0.39, 0.29) is 17.6 Å². The van der Waals surface area contributed by atoms with E-state index >= 15 is 0 Å². The van der Waals surface area contributed by atoms with Gasteiger partial charge in [-0.05, 0) is 35.4 Å². The SMILES string of the molecule is C=C1C[C@]2(Cc3ccc(NC(=O)c4ccc(C#N)cn4)cc32)N=C(N)O1. The number of hydrogen-bond donors (Lipinski definition) is 2. The third-order valence-electron chi connectivity index (χ3n) is 4.54. The number of pyridine rings is 1. The molecule has 1 amide bonds. The van der Waals surface area contributed by atoms with E-state index in [0.717, 1.165) is 17.5 Å². The zero-order chi connectivity index (χ0) is 18.3. The first kappa shape index (κ1) is 15.8. The van der Waals surface area contributed by atoms with Crippen molar-refractivity contribution in [3.8, 4) is 6.07 Å². The number of benzene rings is 1. The van der Waals surface area contributed by atoms with Crippen molar-refractivity contribution in [2.75, 3.05) is 5.32 Å². The minimum absolute atomic E-state index is 0.114. The number of aliphatic imine (C=N–C) groups is 1. The number of amides is 1. The standard InChI is InChI=1S/C19H15N5O2/c1-11-7-19(24-18(21)26-11)8-13-3-4-14(6-15(13)19)23-17(25)16-5-2-12(9-20)10-22-16/h2-6,10H,1,7-8H2,(H2,21,24)(H,23,25)/t19-/m1/s1. The number of nitriles is 1. The molecule has 2 heterocycles. The molecule has 26 heavy (non-hydrogen) atoms. The smallest absolute Gasteiger partial charge is 0.288 e. The van der Waals surface area contributed by atoms with Gasteiger partial charge in [0, 0.05) is 24.7 Å². The Kier molecular flexibility index (Phi) is 3.48. The summed E-state index contributed by atoms with van der Waals surface area (Å²) in [5.41, 5.74) is 8.75. The number of anilines is 1. The molecule has 1 aromatic heterocycles. The Labute approximate surface area is 149 Å². The number of hydrogen-bond acceptors (Lipinski definition) is 6. The highest BCUT2D eigenvalue weighted by atomic mass is 16.5. The maximum Gasteiger partial charge on any atom is 0.288 e. The maximum absolute atomic E-state index is 12.4. The lowest BCUT2D eigenvalue weighted by molar-refractivity contribution is 0.102. The Bertz CT molecular complexity index is 1000. The summed E-state index contributed by atoms with van der Waals surface area (Å²) in [7, 11) is 0. The van der Waals surface area contributed by atoms with Crippen LogP contribution in [0.25, 0.3) is 0 Å². The number of aromatic nitrogens is 1. The first-order chi connectivity index (χ1) is 12.5. The van der Waals surface area contributed by atoms with Gasteiger partial charge in [0.25, 0.3) is 11.9 Å². The number of rotatable bonds is 2. The van der Waals surface area contributed by atoms with Gasteiger partial charge in [-0.1, -0.05) is 12.6 Å². The Hall–Kier alpha value is -3.66. The fourth-order valence-electron chi connectivity index (χ4n) is 3.38. The lowest BCUT2D eigenvalue weighted by Gasteiger charge is -2.43. The van der Waals surface area contributed by atoms with Crippen LogP contribution in [-0.2, 0) is 16.7 Å². The number of carbonyl (C=O) groups is 1. The van der Waals surface area contributed by atoms with E-state index in [4.69, 9.17) is 15.7 Å². The molecule has 4 rings (SSSR count). The van der Waals surface area contributed by atoms with Crippen molar-refractivity contribution in [2.45, 2.75) is 18.4 Å². The second kappa shape index (κ2) is 5.70. The van der Waals surface area contributed by atoms with Crippen LogP contribution in [0.2, 0.25) is 0 Å². The lowest BCUT2D eigenvalue weighted by Crippen LogP contribution is -2.43. The van der Waals surface area contributed by atoms with Crippen LogP contribution >= 0.6 is 0 Å². The molecule has 1 spiro atoms. The summed E-state index contributed by atoms with van der Waals surface area (Å²) in [4.78, 5) is 20.8. The normalized spacial score (nSPS) is 20.3. The number of carbonyl (C=O) groups excluding carboxylic acids is 1. The second-order valence-corrected chi connectivity index (χ2v) is 6.35. The van der Waals surface area contributed by atoms with Crippen molar-refractivity contribution in [1.29, 1.82) is 5.26 Å². The fraction of sp³-hybridized carbons (Fsp3) is 0.158. The van der Waals surface area contributed by atoms with Gasteiger partial charge in [0.1, 0.15) is 23.1 Å². The van der Waals surface area contributed by atoms with Crippen LogP contribution in [0.15, 0.2) is 53.9 Å². The van der Waals surface area contributed by atoms with Gasteiger partial charge in [0.05, 0.1) is 5.56 Å². The van der Waals surface area contributed by atoms with Crippen molar-refractivity contribution in [3.63, 3.8) is 0 Å². The predicted molar refractivity (Wildman–Crippen MR) is 95.2 cm³/mol. The van der Waals surface area contributed by atoms with Gasteiger partial charge in [0.15, 0.2) is 0 Å². The largest absolute Gasteiger partial charge is 0.431 e. The van der Waals surface area contributed by atoms with E-state index in [1.807, 2.05) is 24.3 Å². The summed E-state index contributed by atoms with van der Waals surface area (Å²) in [6.45, 7) is 3.86. The van der Waals surface area contributed by atoms with Crippen LogP contribution in [0.4, 0.5) is 5.69 Å². The molecule has 0 saturated heterocycles. The first-order valence-corrected chi connectivity index (χ1v) is 8.01. The Morgan fingerprint density at radius 3 is 2.88 bits per heavy atom. The molecule has 0 fully saturated rings. The molecule has 128 valence electrons. The molecule has 2 aromatic rings. The van der Waals surface area contributed by atoms with Crippen molar-refractivity contribution in [3.05, 3.63) is 71.3 Å². The third kappa shape index (κ3) is 2.58. The van der Waals surface area contributed by atoms with E-state index in [9.17, 15) is 4.79 Å². The zero-order valence-corrected chi connectivity index (χ0v) is 13.8. The molecule has 0 bridgehead atoms. The van der Waals surface area contributed by atoms with E-state index in [1.165, 1.54) is 12.3 Å². The van der Waals surface area contributed by atoms with E-state index in [0.29, 0.717) is 23.4 Å². The Balaban J connectivity index is 1.58. The third-order valence-corrected chi connectivity index (χ3v) is 4.54. The minimum atomic E-state index is -0.456. The van der Waals surface area contributed by atoms with Crippen LogP contribution in [0.1, 0.15) is 33.6 Å². The summed E-state index contributed by atoms with van der Waals surface area (Å²) in [5.74, 6) is 0.238. The molecular formula is C19H15N5O2. The summed E-state index contributed by atoms with van der Waals surface area (Å²) in [6.07, 6.45) is 2.69. The van der Waals surface area contributed by atoms with E-state index in [1.54, 1.807) is 6.07 Å². The molecule has 7 nitrogen and oxygen atoms in total. The van der Waals surface area contributed by atoms with Gasteiger partial charge in [-0.25, -0.2) is 9.98 Å². The van der Waals surface area contributed by atoms with Gasteiger partial charge in [-0.3, -0.25) is 4.79 Å². The number of nitrogens with two attached hydrogens (primary N) is 1. The van der Waals surface area contributed by atoms with Crippen molar-refractivity contribution >= 4 is 17.6 Å². The Morgan fingerprint density at radius 2 is 2.19 bits per heavy atom. The second-order valence-electron chi connectivity index (χ2n) is 6.35. The number of fused-ring (bicyclic) bond motifs is 2. The van der Waals surface area contributed by atoms with E-state index < -0.39 is 5.54 Å². The highest BCUT2D eigenvalue weighted by Crippen LogP contribution is 2.49. The topological polar surface area (TPSA) is 113 Å². The highest BCUT2D eigenvalue weighted by Gasteiger charge is 2.46. The van der Waals surface area contributed by atoms with Crippen LogP contribution < -0.4 is 11.1 Å². The van der Waals surface area contributed by atoms with E-state index in [2.05, 4.69) is 21.9 Å². The quantitative estimate of drug-likeness (QED) is 0.866. The average molecular weight is 345 g/mol. The summed E-state index contributed by atoms with van der Waals surface area (Å²) in [5, 5.41) is 11.6. The van der Waals surface area contributed by atoms with Crippen molar-refractivity contribution in [1.82, 2.24) is 4.98 Å². The maximum atomic E-state index is 12.4. The monoisotopic (exact) mass is 345 g/mol. The summed E-state index contributed by atoms with van der Waals surface area (Å²) >= 11 is 0. The van der Waals surface area contributed by atoms with Gasteiger partial charge in [0.2, 0.25) is 0 Å². The van der Waals surface area contributed by atoms with Gasteiger partial charge in [-0.15, -0.1) is 0 Å². The first-order valence-electron chi connectivity index (χ1n) is 8.01. The van der Waals surface area contributed by atoms with Crippen LogP contribution in [0.5, 0.6) is 0 Å². The van der Waals surface area contributed by atoms with Gasteiger partial charge >= 0.3 is 0 Å². The number of ether oxygens (including phenoxy) is 1. The lowest BCUT2D eigenvalue weighted by atomic mass is 9.68. The van der Waals surface area contributed by atoms with Crippen LogP contribution in [0.3, 0.4) is 0 Å².